The Balaban J connectivity index is 2.21. The Morgan fingerprint density at radius 1 is 1.20 bits per heavy atom. The number of benzene rings is 1. The minimum absolute atomic E-state index is 0.213. The molecule has 0 saturated heterocycles. The van der Waals surface area contributed by atoms with E-state index >= 15 is 0 Å². The van der Waals surface area contributed by atoms with E-state index < -0.39 is 0 Å². The van der Waals surface area contributed by atoms with Gasteiger partial charge in [-0.15, -0.1) is 0 Å². The van der Waals surface area contributed by atoms with Crippen LogP contribution in [0.5, 0.6) is 5.75 Å². The summed E-state index contributed by atoms with van der Waals surface area (Å²) in [5, 5.41) is 0. The first-order chi connectivity index (χ1) is 9.36. The predicted molar refractivity (Wildman–Crippen MR) is 80.3 cm³/mol. The second-order valence-electron chi connectivity index (χ2n) is 6.59. The maximum atomic E-state index is 13.7. The molecule has 3 heteroatoms. The molecule has 0 spiro atoms. The molecule has 0 radical (unpaired) electrons. The van der Waals surface area contributed by atoms with Gasteiger partial charge in [0.15, 0.2) is 0 Å². The van der Waals surface area contributed by atoms with E-state index in [4.69, 9.17) is 10.5 Å². The van der Waals surface area contributed by atoms with Crippen LogP contribution in [0.3, 0.4) is 0 Å². The summed E-state index contributed by atoms with van der Waals surface area (Å²) < 4.78 is 19.9. The van der Waals surface area contributed by atoms with Crippen molar-refractivity contribution in [3.8, 4) is 5.75 Å². The van der Waals surface area contributed by atoms with Gasteiger partial charge in [0.05, 0.1) is 6.10 Å². The van der Waals surface area contributed by atoms with Crippen LogP contribution in [0, 0.1) is 24.6 Å². The minimum Gasteiger partial charge on any atom is -0.490 e. The van der Waals surface area contributed by atoms with Gasteiger partial charge in [-0.25, -0.2) is 4.39 Å². The highest BCUT2D eigenvalue weighted by Gasteiger charge is 2.26. The summed E-state index contributed by atoms with van der Waals surface area (Å²) in [6, 6.07) is 3.08. The average Bonchev–Trinajstić information content (AvgIpc) is 2.31. The van der Waals surface area contributed by atoms with Crippen LogP contribution in [0.15, 0.2) is 12.1 Å². The van der Waals surface area contributed by atoms with Gasteiger partial charge in [0.1, 0.15) is 11.6 Å². The molecule has 20 heavy (non-hydrogen) atoms. The fraction of sp³-hybridized carbons (Fsp3) is 0.647. The summed E-state index contributed by atoms with van der Waals surface area (Å²) in [6.07, 6.45) is 3.62. The lowest BCUT2D eigenvalue weighted by Gasteiger charge is -2.32. The van der Waals surface area contributed by atoms with Gasteiger partial charge in [-0.05, 0) is 62.6 Å². The Kier molecular flexibility index (Phi) is 4.69. The lowest BCUT2D eigenvalue weighted by molar-refractivity contribution is 0.0996. The minimum atomic E-state index is -0.224. The third kappa shape index (κ3) is 3.51. The molecule has 0 aliphatic heterocycles. The van der Waals surface area contributed by atoms with Crippen molar-refractivity contribution < 1.29 is 9.13 Å². The first-order valence-electron chi connectivity index (χ1n) is 7.59. The summed E-state index contributed by atoms with van der Waals surface area (Å²) in [5.74, 6) is 1.91. The van der Waals surface area contributed by atoms with E-state index in [-0.39, 0.29) is 18.0 Å². The smallest absolute Gasteiger partial charge is 0.126 e. The summed E-state index contributed by atoms with van der Waals surface area (Å²) in [4.78, 5) is 0. The van der Waals surface area contributed by atoms with Crippen LogP contribution in [0.25, 0.3) is 0 Å². The fourth-order valence-corrected chi connectivity index (χ4v) is 3.28. The highest BCUT2D eigenvalue weighted by Crippen LogP contribution is 2.34. The van der Waals surface area contributed by atoms with Crippen LogP contribution in [0.4, 0.5) is 4.39 Å². The first-order valence-corrected chi connectivity index (χ1v) is 7.59. The van der Waals surface area contributed by atoms with Gasteiger partial charge >= 0.3 is 0 Å². The fourth-order valence-electron chi connectivity index (χ4n) is 3.28. The second kappa shape index (κ2) is 6.13. The standard InChI is InChI=1S/C17H26FNO/c1-10-5-11(2)7-14(6-10)20-17-8-12(3)16(18)9-15(17)13(4)19/h8-11,13-14H,5-7,19H2,1-4H3/t10?,11?,13-,14?/m1/s1. The zero-order chi connectivity index (χ0) is 14.9. The number of hydrogen-bond acceptors (Lipinski definition) is 2. The molecule has 0 heterocycles. The number of aryl methyl sites for hydroxylation is 1. The van der Waals surface area contributed by atoms with E-state index in [1.165, 1.54) is 12.5 Å². The summed E-state index contributed by atoms with van der Waals surface area (Å²) >= 11 is 0. The highest BCUT2D eigenvalue weighted by molar-refractivity contribution is 5.40. The molecule has 1 saturated carbocycles. The van der Waals surface area contributed by atoms with Crippen molar-refractivity contribution in [3.05, 3.63) is 29.1 Å². The van der Waals surface area contributed by atoms with E-state index in [2.05, 4.69) is 13.8 Å². The zero-order valence-corrected chi connectivity index (χ0v) is 12.9. The molecule has 1 aliphatic rings. The van der Waals surface area contributed by atoms with Gasteiger partial charge in [-0.1, -0.05) is 13.8 Å². The molecule has 2 nitrogen and oxygen atoms in total. The van der Waals surface area contributed by atoms with E-state index in [1.807, 2.05) is 6.92 Å². The number of ether oxygens (including phenoxy) is 1. The van der Waals surface area contributed by atoms with Gasteiger partial charge in [-0.3, -0.25) is 0 Å². The normalized spacial score (nSPS) is 28.2. The van der Waals surface area contributed by atoms with Gasteiger partial charge in [-0.2, -0.15) is 0 Å². The SMILES string of the molecule is Cc1cc(OC2CC(C)CC(C)C2)c([C@@H](C)N)cc1F. The van der Waals surface area contributed by atoms with Crippen molar-refractivity contribution in [2.24, 2.45) is 17.6 Å². The molecule has 2 unspecified atom stereocenters. The van der Waals surface area contributed by atoms with Crippen LogP contribution in [0.2, 0.25) is 0 Å². The Morgan fingerprint density at radius 2 is 1.80 bits per heavy atom. The lowest BCUT2D eigenvalue weighted by atomic mass is 9.82. The Labute approximate surface area is 121 Å². The van der Waals surface area contributed by atoms with Crippen molar-refractivity contribution in [1.29, 1.82) is 0 Å². The number of nitrogens with two attached hydrogens (primary N) is 1. The molecule has 1 aliphatic carbocycles. The molecule has 3 atom stereocenters. The molecule has 2 rings (SSSR count). The highest BCUT2D eigenvalue weighted by atomic mass is 19.1. The molecule has 1 fully saturated rings. The molecule has 0 bridgehead atoms. The van der Waals surface area contributed by atoms with Crippen LogP contribution < -0.4 is 10.5 Å². The van der Waals surface area contributed by atoms with Crippen molar-refractivity contribution in [3.63, 3.8) is 0 Å². The van der Waals surface area contributed by atoms with Crippen LogP contribution in [0.1, 0.15) is 57.2 Å². The maximum absolute atomic E-state index is 13.7. The third-order valence-corrected chi connectivity index (χ3v) is 4.21. The van der Waals surface area contributed by atoms with Gasteiger partial charge in [0, 0.05) is 11.6 Å². The van der Waals surface area contributed by atoms with Crippen LogP contribution in [-0.4, -0.2) is 6.10 Å². The number of halogens is 1. The molecule has 112 valence electrons. The summed E-state index contributed by atoms with van der Waals surface area (Å²) in [7, 11) is 0. The van der Waals surface area contributed by atoms with E-state index in [9.17, 15) is 4.39 Å². The predicted octanol–water partition coefficient (Wildman–Crippen LogP) is 4.36. The van der Waals surface area contributed by atoms with Crippen molar-refractivity contribution in [2.45, 2.75) is 59.1 Å². The lowest BCUT2D eigenvalue weighted by Crippen LogP contribution is -2.29. The van der Waals surface area contributed by atoms with Crippen molar-refractivity contribution in [2.75, 3.05) is 0 Å². The summed E-state index contributed by atoms with van der Waals surface area (Å²) in [5.41, 5.74) is 7.32. The van der Waals surface area contributed by atoms with Gasteiger partial charge < -0.3 is 10.5 Å². The molecular weight excluding hydrogens is 253 g/mol. The molecule has 2 N–H and O–H groups in total. The maximum Gasteiger partial charge on any atom is 0.126 e. The number of rotatable bonds is 3. The van der Waals surface area contributed by atoms with Crippen molar-refractivity contribution in [1.82, 2.24) is 0 Å². The average molecular weight is 279 g/mol. The van der Waals surface area contributed by atoms with Crippen LogP contribution >= 0.6 is 0 Å². The first kappa shape index (κ1) is 15.3. The monoisotopic (exact) mass is 279 g/mol. The van der Waals surface area contributed by atoms with E-state index in [0.717, 1.165) is 24.2 Å². The molecule has 0 amide bonds. The summed E-state index contributed by atoms with van der Waals surface area (Å²) in [6.45, 7) is 8.17. The Bertz CT molecular complexity index is 462. The molecule has 0 aromatic heterocycles. The topological polar surface area (TPSA) is 35.2 Å². The third-order valence-electron chi connectivity index (χ3n) is 4.21. The van der Waals surface area contributed by atoms with E-state index in [1.54, 1.807) is 13.0 Å². The second-order valence-corrected chi connectivity index (χ2v) is 6.59. The molecule has 1 aromatic rings. The van der Waals surface area contributed by atoms with Gasteiger partial charge in [0.2, 0.25) is 0 Å². The largest absolute Gasteiger partial charge is 0.490 e. The van der Waals surface area contributed by atoms with Crippen LogP contribution in [-0.2, 0) is 0 Å². The Hall–Kier alpha value is -1.09. The van der Waals surface area contributed by atoms with Gasteiger partial charge in [0.25, 0.3) is 0 Å². The zero-order valence-electron chi connectivity index (χ0n) is 12.9. The number of hydrogen-bond donors (Lipinski definition) is 1. The van der Waals surface area contributed by atoms with E-state index in [0.29, 0.717) is 17.4 Å². The van der Waals surface area contributed by atoms with Crippen molar-refractivity contribution >= 4 is 0 Å². The molecular formula is C17H26FNO. The molecule has 1 aromatic carbocycles. The quantitative estimate of drug-likeness (QED) is 0.892. The Morgan fingerprint density at radius 3 is 2.35 bits per heavy atom.